The smallest absolute Gasteiger partial charge is 0.324 e. The summed E-state index contributed by atoms with van der Waals surface area (Å²) in [6.07, 6.45) is 6.63. The number of carbonyl (C=O) groups excluding carboxylic acids is 2. The number of nitrogens with zero attached hydrogens (tertiary/aromatic N) is 3. The number of urea groups is 1. The molecule has 0 bridgehead atoms. The van der Waals surface area contributed by atoms with Gasteiger partial charge in [0.25, 0.3) is 0 Å². The van der Waals surface area contributed by atoms with Gasteiger partial charge in [0.1, 0.15) is 0 Å². The summed E-state index contributed by atoms with van der Waals surface area (Å²) >= 11 is 2.13. The maximum Gasteiger partial charge on any atom is 0.324 e. The zero-order chi connectivity index (χ0) is 17.0. The highest BCUT2D eigenvalue weighted by Gasteiger charge is 2.38. The number of halogens is 1. The fourth-order valence-electron chi connectivity index (χ4n) is 3.82. The van der Waals surface area contributed by atoms with E-state index in [4.69, 9.17) is 0 Å². The Bertz CT molecular complexity index is 503. The minimum absolute atomic E-state index is 0. The van der Waals surface area contributed by atoms with E-state index in [2.05, 4.69) is 32.3 Å². The molecular formula is C16H28IN5O2S. The number of carbonyl (C=O) groups is 2. The van der Waals surface area contributed by atoms with Crippen LogP contribution in [-0.4, -0.2) is 78.0 Å². The van der Waals surface area contributed by atoms with E-state index in [1.54, 1.807) is 7.05 Å². The van der Waals surface area contributed by atoms with Crippen LogP contribution in [0.4, 0.5) is 4.79 Å². The zero-order valence-electron chi connectivity index (χ0n) is 14.8. The maximum atomic E-state index is 11.6. The molecule has 0 aromatic carbocycles. The van der Waals surface area contributed by atoms with Gasteiger partial charge in [-0.3, -0.25) is 14.7 Å². The fraction of sp³-hybridized carbons (Fsp3) is 0.812. The first kappa shape index (κ1) is 20.6. The van der Waals surface area contributed by atoms with E-state index in [9.17, 15) is 9.59 Å². The van der Waals surface area contributed by atoms with Gasteiger partial charge in [0.05, 0.1) is 6.54 Å². The molecule has 0 unspecified atom stereocenters. The molecular weight excluding hydrogens is 453 g/mol. The van der Waals surface area contributed by atoms with Crippen molar-refractivity contribution in [3.63, 3.8) is 0 Å². The summed E-state index contributed by atoms with van der Waals surface area (Å²) in [5, 5.41) is 5.86. The van der Waals surface area contributed by atoms with E-state index in [1.165, 1.54) is 37.0 Å². The Morgan fingerprint density at radius 3 is 2.72 bits per heavy atom. The minimum Gasteiger partial charge on any atom is -0.354 e. The molecule has 0 aromatic heterocycles. The van der Waals surface area contributed by atoms with Crippen LogP contribution in [-0.2, 0) is 4.79 Å². The van der Waals surface area contributed by atoms with Crippen LogP contribution in [0, 0.1) is 0 Å². The molecule has 3 aliphatic rings. The predicted molar refractivity (Wildman–Crippen MR) is 112 cm³/mol. The highest BCUT2D eigenvalue weighted by molar-refractivity contribution is 14.0. The molecule has 1 aliphatic carbocycles. The normalized spacial score (nSPS) is 23.5. The molecule has 0 atom stereocenters. The van der Waals surface area contributed by atoms with E-state index in [1.807, 2.05) is 0 Å². The molecule has 2 saturated heterocycles. The third kappa shape index (κ3) is 4.93. The second-order valence-electron chi connectivity index (χ2n) is 6.69. The molecule has 3 fully saturated rings. The summed E-state index contributed by atoms with van der Waals surface area (Å²) in [6.45, 7) is 3.05. The first-order valence-electron chi connectivity index (χ1n) is 8.81. The van der Waals surface area contributed by atoms with Crippen LogP contribution in [0.25, 0.3) is 0 Å². The lowest BCUT2D eigenvalue weighted by Crippen LogP contribution is -2.54. The minimum atomic E-state index is -0.299. The number of hydrogen-bond acceptors (Lipinski definition) is 4. The second kappa shape index (κ2) is 9.29. The number of amides is 3. The van der Waals surface area contributed by atoms with Crippen LogP contribution < -0.4 is 10.6 Å². The van der Waals surface area contributed by atoms with Gasteiger partial charge in [-0.25, -0.2) is 4.79 Å². The number of hydrogen-bond donors (Lipinski definition) is 2. The lowest BCUT2D eigenvalue weighted by molar-refractivity contribution is -0.124. The maximum absolute atomic E-state index is 11.6. The van der Waals surface area contributed by atoms with Crippen molar-refractivity contribution in [2.24, 2.45) is 4.99 Å². The molecule has 142 valence electrons. The Morgan fingerprint density at radius 2 is 2.08 bits per heavy atom. The average molecular weight is 481 g/mol. The highest BCUT2D eigenvalue weighted by atomic mass is 127. The van der Waals surface area contributed by atoms with Crippen LogP contribution >= 0.6 is 35.7 Å². The quantitative estimate of drug-likeness (QED) is 0.277. The van der Waals surface area contributed by atoms with Gasteiger partial charge in [-0.1, -0.05) is 19.3 Å². The Morgan fingerprint density at radius 1 is 1.32 bits per heavy atom. The summed E-state index contributed by atoms with van der Waals surface area (Å²) in [6, 6.07) is -0.299. The van der Waals surface area contributed by atoms with Gasteiger partial charge in [0.2, 0.25) is 5.91 Å². The van der Waals surface area contributed by atoms with Gasteiger partial charge in [-0.2, -0.15) is 11.8 Å². The molecule has 0 aromatic rings. The number of imide groups is 1. The molecule has 1 spiro atoms. The van der Waals surface area contributed by atoms with Crippen LogP contribution in [0.2, 0.25) is 0 Å². The number of thioether (sulfide) groups is 1. The van der Waals surface area contributed by atoms with E-state index in [0.717, 1.165) is 24.8 Å². The van der Waals surface area contributed by atoms with E-state index in [0.29, 0.717) is 17.8 Å². The van der Waals surface area contributed by atoms with Gasteiger partial charge in [-0.05, 0) is 12.8 Å². The Kier molecular flexibility index (Phi) is 7.66. The van der Waals surface area contributed by atoms with Gasteiger partial charge in [-0.15, -0.1) is 24.0 Å². The largest absolute Gasteiger partial charge is 0.354 e. The molecule has 2 heterocycles. The first-order chi connectivity index (χ1) is 11.6. The third-order valence-corrected chi connectivity index (χ3v) is 6.62. The monoisotopic (exact) mass is 481 g/mol. The van der Waals surface area contributed by atoms with Crippen molar-refractivity contribution in [3.8, 4) is 0 Å². The summed E-state index contributed by atoms with van der Waals surface area (Å²) in [4.78, 5) is 31.2. The molecule has 25 heavy (non-hydrogen) atoms. The van der Waals surface area contributed by atoms with Crippen LogP contribution in [0.1, 0.15) is 32.1 Å². The molecule has 7 nitrogen and oxygen atoms in total. The fourth-order valence-corrected chi connectivity index (χ4v) is 5.39. The molecule has 3 amide bonds. The number of nitrogens with one attached hydrogen (secondary N) is 2. The summed E-state index contributed by atoms with van der Waals surface area (Å²) in [5.41, 5.74) is 0. The second-order valence-corrected chi connectivity index (χ2v) is 8.25. The van der Waals surface area contributed by atoms with Gasteiger partial charge in [0, 0.05) is 43.7 Å². The molecule has 3 rings (SSSR count). The number of aliphatic imine (C=N–C) groups is 1. The van der Waals surface area contributed by atoms with E-state index >= 15 is 0 Å². The van der Waals surface area contributed by atoms with Crippen molar-refractivity contribution in [2.75, 3.05) is 45.5 Å². The lowest BCUT2D eigenvalue weighted by atomic mass is 9.87. The SMILES string of the molecule is CN=C(NCCN1C(=O)CNC1=O)N1CCSC2(CCCCC2)C1.I. The van der Waals surface area contributed by atoms with Crippen molar-refractivity contribution < 1.29 is 9.59 Å². The van der Waals surface area contributed by atoms with Crippen LogP contribution in [0.15, 0.2) is 4.99 Å². The Balaban J connectivity index is 0.00000225. The van der Waals surface area contributed by atoms with Crippen molar-refractivity contribution in [1.29, 1.82) is 0 Å². The number of guanidine groups is 1. The summed E-state index contributed by atoms with van der Waals surface area (Å²) in [7, 11) is 1.80. The molecule has 9 heteroatoms. The highest BCUT2D eigenvalue weighted by Crippen LogP contribution is 2.42. The predicted octanol–water partition coefficient (Wildman–Crippen LogP) is 1.48. The summed E-state index contributed by atoms with van der Waals surface area (Å²) in [5.74, 6) is 1.85. The average Bonchev–Trinajstić information content (AvgIpc) is 2.91. The third-order valence-electron chi connectivity index (χ3n) is 5.08. The molecule has 2 aliphatic heterocycles. The van der Waals surface area contributed by atoms with Gasteiger partial charge < -0.3 is 15.5 Å². The first-order valence-corrected chi connectivity index (χ1v) is 9.80. The zero-order valence-corrected chi connectivity index (χ0v) is 17.9. The Labute approximate surface area is 170 Å². The van der Waals surface area contributed by atoms with Crippen LogP contribution in [0.3, 0.4) is 0 Å². The topological polar surface area (TPSA) is 77.0 Å². The summed E-state index contributed by atoms with van der Waals surface area (Å²) < 4.78 is 0.388. The van der Waals surface area contributed by atoms with Crippen molar-refractivity contribution in [2.45, 2.75) is 36.9 Å². The van der Waals surface area contributed by atoms with Gasteiger partial charge in [0.15, 0.2) is 5.96 Å². The number of rotatable bonds is 3. The van der Waals surface area contributed by atoms with E-state index in [-0.39, 0.29) is 42.5 Å². The van der Waals surface area contributed by atoms with Gasteiger partial charge >= 0.3 is 6.03 Å². The van der Waals surface area contributed by atoms with Crippen molar-refractivity contribution in [1.82, 2.24) is 20.4 Å². The molecule has 0 radical (unpaired) electrons. The molecule has 1 saturated carbocycles. The van der Waals surface area contributed by atoms with Crippen molar-refractivity contribution >= 4 is 53.6 Å². The van der Waals surface area contributed by atoms with E-state index < -0.39 is 0 Å². The Hall–Kier alpha value is -0.710. The standard InChI is InChI=1S/C16H27N5O2S.HI/c1-17-14(18-7-8-21-13(22)11-19-15(21)23)20-9-10-24-16(12-20)5-3-2-4-6-16;/h2-12H2,1H3,(H,17,18)(H,19,23);1H. The lowest BCUT2D eigenvalue weighted by Gasteiger charge is -2.45. The van der Waals surface area contributed by atoms with Crippen LogP contribution in [0.5, 0.6) is 0 Å². The van der Waals surface area contributed by atoms with Crippen molar-refractivity contribution in [3.05, 3.63) is 0 Å². The molecule has 2 N–H and O–H groups in total.